The van der Waals surface area contributed by atoms with Gasteiger partial charge >= 0.3 is 0 Å². The Kier molecular flexibility index (Phi) is 7.72. The van der Waals surface area contributed by atoms with E-state index < -0.39 is 0 Å². The van der Waals surface area contributed by atoms with Crippen LogP contribution in [0.15, 0.2) is 54.7 Å². The zero-order valence-corrected chi connectivity index (χ0v) is 21.8. The summed E-state index contributed by atoms with van der Waals surface area (Å²) in [5.41, 5.74) is 3.74. The molecule has 2 aromatic carbocycles. The highest BCUT2D eigenvalue weighted by atomic mass is 35.5. The van der Waals surface area contributed by atoms with Gasteiger partial charge < -0.3 is 9.80 Å². The van der Waals surface area contributed by atoms with Crippen LogP contribution in [0.4, 0.5) is 10.2 Å². The number of halogens is 2. The summed E-state index contributed by atoms with van der Waals surface area (Å²) in [5, 5.41) is 6.03. The van der Waals surface area contributed by atoms with E-state index in [-0.39, 0.29) is 5.82 Å². The molecule has 184 valence electrons. The van der Waals surface area contributed by atoms with Gasteiger partial charge in [0.15, 0.2) is 5.82 Å². The van der Waals surface area contributed by atoms with Gasteiger partial charge in [0.05, 0.1) is 17.4 Å². The molecule has 1 fully saturated rings. The number of aryl methyl sites for hydroxylation is 1. The summed E-state index contributed by atoms with van der Waals surface area (Å²) in [6.45, 7) is 10.5. The molecular weight excluding hydrogens is 461 g/mol. The number of anilines is 1. The third-order valence-electron chi connectivity index (χ3n) is 6.56. The maximum atomic E-state index is 15.0. The van der Waals surface area contributed by atoms with Crippen LogP contribution in [-0.4, -0.2) is 52.4 Å². The first kappa shape index (κ1) is 25.1. The molecule has 1 aliphatic rings. The van der Waals surface area contributed by atoms with Crippen molar-refractivity contribution in [1.29, 1.82) is 0 Å². The summed E-state index contributed by atoms with van der Waals surface area (Å²) in [4.78, 5) is 9.59. The molecule has 35 heavy (non-hydrogen) atoms. The smallest absolute Gasteiger partial charge is 0.153 e. The molecule has 5 rings (SSSR count). The van der Waals surface area contributed by atoms with Crippen LogP contribution in [-0.2, 0) is 6.42 Å². The van der Waals surface area contributed by atoms with E-state index in [0.717, 1.165) is 48.5 Å². The molecule has 7 heteroatoms. The number of hydrogen-bond donors (Lipinski definition) is 0. The van der Waals surface area contributed by atoms with Crippen LogP contribution < -0.4 is 4.90 Å². The molecule has 1 aliphatic heterocycles. The number of nitrogens with zero attached hydrogens (tertiary/aromatic N) is 5. The van der Waals surface area contributed by atoms with Gasteiger partial charge in [-0.05, 0) is 51.1 Å². The second kappa shape index (κ2) is 10.8. The van der Waals surface area contributed by atoms with Crippen molar-refractivity contribution in [3.05, 3.63) is 82.4 Å². The third kappa shape index (κ3) is 5.04. The zero-order chi connectivity index (χ0) is 25.1. The van der Waals surface area contributed by atoms with Crippen LogP contribution in [0, 0.1) is 19.7 Å². The predicted molar refractivity (Wildman–Crippen MR) is 143 cm³/mol. The van der Waals surface area contributed by atoms with Crippen molar-refractivity contribution in [1.82, 2.24) is 19.7 Å². The number of pyridine rings is 1. The molecule has 1 saturated heterocycles. The van der Waals surface area contributed by atoms with E-state index in [1.54, 1.807) is 23.7 Å². The first-order valence-electron chi connectivity index (χ1n) is 12.2. The van der Waals surface area contributed by atoms with Crippen molar-refractivity contribution in [2.45, 2.75) is 40.2 Å². The van der Waals surface area contributed by atoms with E-state index in [4.69, 9.17) is 16.6 Å². The van der Waals surface area contributed by atoms with Gasteiger partial charge in [0.1, 0.15) is 11.5 Å². The number of benzene rings is 2. The van der Waals surface area contributed by atoms with E-state index in [1.165, 1.54) is 5.56 Å². The Balaban J connectivity index is 0.00000141. The van der Waals surface area contributed by atoms with Crippen molar-refractivity contribution < 1.29 is 4.39 Å². The zero-order valence-electron chi connectivity index (χ0n) is 21.1. The highest BCUT2D eigenvalue weighted by Gasteiger charge is 2.27. The second-order valence-corrected chi connectivity index (χ2v) is 9.27. The Hall–Kier alpha value is -2.96. The molecule has 0 radical (unpaired) electrons. The first-order chi connectivity index (χ1) is 16.9. The molecule has 2 aromatic heterocycles. The molecule has 3 heterocycles. The van der Waals surface area contributed by atoms with Gasteiger partial charge in [-0.2, -0.15) is 5.10 Å². The largest absolute Gasteiger partial charge is 0.351 e. The van der Waals surface area contributed by atoms with E-state index in [0.29, 0.717) is 22.3 Å². The SMILES string of the molecule is CC.Cc1c(Cl)ccc(-n2nc(C)c3cc(N4CCN(C)CC4Cc4ccccc4)ncc32)c1F. The number of hydrogen-bond acceptors (Lipinski definition) is 4. The lowest BCUT2D eigenvalue weighted by Gasteiger charge is -2.41. The summed E-state index contributed by atoms with van der Waals surface area (Å²) in [5.74, 6) is 0.574. The maximum Gasteiger partial charge on any atom is 0.153 e. The molecule has 4 aromatic rings. The monoisotopic (exact) mass is 493 g/mol. The van der Waals surface area contributed by atoms with E-state index in [9.17, 15) is 4.39 Å². The summed E-state index contributed by atoms with van der Waals surface area (Å²) < 4.78 is 16.6. The Morgan fingerprint density at radius 3 is 2.54 bits per heavy atom. The fourth-order valence-electron chi connectivity index (χ4n) is 4.68. The minimum absolute atomic E-state index is 0.322. The van der Waals surface area contributed by atoms with Gasteiger partial charge in [-0.1, -0.05) is 55.8 Å². The molecule has 0 spiro atoms. The molecule has 5 nitrogen and oxygen atoms in total. The van der Waals surface area contributed by atoms with Gasteiger partial charge in [0.2, 0.25) is 0 Å². The van der Waals surface area contributed by atoms with Crippen LogP contribution in [0.2, 0.25) is 5.02 Å². The Morgan fingerprint density at radius 1 is 1.06 bits per heavy atom. The topological polar surface area (TPSA) is 37.2 Å². The quantitative estimate of drug-likeness (QED) is 0.338. The van der Waals surface area contributed by atoms with Gasteiger partial charge in [0.25, 0.3) is 0 Å². The molecule has 0 N–H and O–H groups in total. The lowest BCUT2D eigenvalue weighted by Crippen LogP contribution is -2.53. The van der Waals surface area contributed by atoms with Crippen molar-refractivity contribution in [2.75, 3.05) is 31.6 Å². The van der Waals surface area contributed by atoms with Crippen molar-refractivity contribution in [3.8, 4) is 5.69 Å². The average Bonchev–Trinajstić information content (AvgIpc) is 3.20. The lowest BCUT2D eigenvalue weighted by molar-refractivity contribution is 0.265. The maximum absolute atomic E-state index is 15.0. The van der Waals surface area contributed by atoms with Gasteiger partial charge in [-0.3, -0.25) is 0 Å². The van der Waals surface area contributed by atoms with Crippen molar-refractivity contribution >= 4 is 28.3 Å². The van der Waals surface area contributed by atoms with E-state index >= 15 is 0 Å². The standard InChI is InChI=1S/C26H27ClFN5.C2H6/c1-17-22(27)9-10-23(26(17)28)33-24-15-29-25(14-21(24)18(2)30-33)32-12-11-31(3)16-20(32)13-19-7-5-4-6-8-19;1-2/h4-10,14-15,20H,11-13,16H2,1-3H3;1-2H3. The summed E-state index contributed by atoms with van der Waals surface area (Å²) in [6, 6.07) is 16.4. The Bertz CT molecular complexity index is 1300. The Morgan fingerprint density at radius 2 is 1.80 bits per heavy atom. The highest BCUT2D eigenvalue weighted by Crippen LogP contribution is 2.30. The summed E-state index contributed by atoms with van der Waals surface area (Å²) in [7, 11) is 2.17. The number of likely N-dealkylation sites (N-methyl/N-ethyl adjacent to an activating group) is 1. The fraction of sp³-hybridized carbons (Fsp3) is 0.357. The molecule has 0 bridgehead atoms. The normalized spacial score (nSPS) is 16.3. The fourth-order valence-corrected chi connectivity index (χ4v) is 4.82. The lowest BCUT2D eigenvalue weighted by atomic mass is 10.0. The van der Waals surface area contributed by atoms with Gasteiger partial charge in [-0.25, -0.2) is 14.1 Å². The second-order valence-electron chi connectivity index (χ2n) is 8.86. The van der Waals surface area contributed by atoms with Gasteiger partial charge in [0, 0.05) is 41.6 Å². The van der Waals surface area contributed by atoms with Crippen LogP contribution in [0.1, 0.15) is 30.7 Å². The molecule has 0 saturated carbocycles. The van der Waals surface area contributed by atoms with Crippen molar-refractivity contribution in [2.24, 2.45) is 0 Å². The molecule has 1 unspecified atom stereocenters. The number of rotatable bonds is 4. The third-order valence-corrected chi connectivity index (χ3v) is 6.97. The molecule has 1 atom stereocenters. The molecule has 0 amide bonds. The van der Waals surface area contributed by atoms with Crippen LogP contribution in [0.5, 0.6) is 0 Å². The molecular formula is C28H33ClFN5. The van der Waals surface area contributed by atoms with Crippen LogP contribution >= 0.6 is 11.6 Å². The molecule has 0 aliphatic carbocycles. The van der Waals surface area contributed by atoms with E-state index in [2.05, 4.69) is 58.3 Å². The van der Waals surface area contributed by atoms with Crippen LogP contribution in [0.3, 0.4) is 0 Å². The number of aromatic nitrogens is 3. The Labute approximate surface area is 212 Å². The van der Waals surface area contributed by atoms with Gasteiger partial charge in [-0.15, -0.1) is 0 Å². The minimum Gasteiger partial charge on any atom is -0.351 e. The number of piperazine rings is 1. The first-order valence-corrected chi connectivity index (χ1v) is 12.6. The number of fused-ring (bicyclic) bond motifs is 1. The summed E-state index contributed by atoms with van der Waals surface area (Å²) in [6.07, 6.45) is 2.77. The highest BCUT2D eigenvalue weighted by molar-refractivity contribution is 6.31. The summed E-state index contributed by atoms with van der Waals surface area (Å²) >= 11 is 6.09. The minimum atomic E-state index is -0.363. The van der Waals surface area contributed by atoms with E-state index in [1.807, 2.05) is 27.0 Å². The predicted octanol–water partition coefficient (Wildman–Crippen LogP) is 6.22. The average molecular weight is 494 g/mol. The van der Waals surface area contributed by atoms with Crippen LogP contribution in [0.25, 0.3) is 16.6 Å². The van der Waals surface area contributed by atoms with Crippen molar-refractivity contribution in [3.63, 3.8) is 0 Å².